The van der Waals surface area contributed by atoms with Gasteiger partial charge >= 0.3 is 6.36 Å². The summed E-state index contributed by atoms with van der Waals surface area (Å²) in [6.45, 7) is 5.75. The molecule has 0 aliphatic rings. The van der Waals surface area contributed by atoms with Crippen LogP contribution in [0.25, 0.3) is 16.9 Å². The summed E-state index contributed by atoms with van der Waals surface area (Å²) in [5, 5.41) is 2.70. The molecule has 3 rings (SSSR count). The molecule has 0 aliphatic carbocycles. The Morgan fingerprint density at radius 1 is 1.25 bits per heavy atom. The lowest BCUT2D eigenvalue weighted by Gasteiger charge is -2.17. The van der Waals surface area contributed by atoms with Crippen LogP contribution in [0.5, 0.6) is 5.75 Å². The number of alkyl halides is 3. The molecule has 0 atom stereocenters. The van der Waals surface area contributed by atoms with Crippen LogP contribution in [0.15, 0.2) is 36.8 Å². The molecule has 0 unspecified atom stereocenters. The molecule has 0 fully saturated rings. The summed E-state index contributed by atoms with van der Waals surface area (Å²) < 4.78 is 43.1. The molecule has 7 nitrogen and oxygen atoms in total. The van der Waals surface area contributed by atoms with Gasteiger partial charge in [-0.1, -0.05) is 26.8 Å². The highest BCUT2D eigenvalue weighted by molar-refractivity contribution is 5.92. The second-order valence-corrected chi connectivity index (χ2v) is 7.33. The third-order valence-corrected chi connectivity index (χ3v) is 3.57. The van der Waals surface area contributed by atoms with Gasteiger partial charge in [-0.25, -0.2) is 15.0 Å². The molecule has 2 heterocycles. The third-order valence-electron chi connectivity index (χ3n) is 3.57. The van der Waals surface area contributed by atoms with Gasteiger partial charge in [-0.2, -0.15) is 0 Å². The topological polar surface area (TPSA) is 81.9 Å². The number of carbonyl (C=O) groups excluding carboxylic acids is 1. The van der Waals surface area contributed by atoms with E-state index in [2.05, 4.69) is 25.0 Å². The summed E-state index contributed by atoms with van der Waals surface area (Å²) in [5.74, 6) is -0.540. The lowest BCUT2D eigenvalue weighted by molar-refractivity contribution is -0.274. The molecule has 0 radical (unpaired) electrons. The van der Waals surface area contributed by atoms with Gasteiger partial charge in [0.15, 0.2) is 5.65 Å². The zero-order valence-corrected chi connectivity index (χ0v) is 15.4. The second kappa shape index (κ2) is 7.10. The number of rotatable bonds is 4. The number of anilines is 1. The molecule has 0 aliphatic heterocycles. The highest BCUT2D eigenvalue weighted by Crippen LogP contribution is 2.29. The fourth-order valence-corrected chi connectivity index (χ4v) is 2.63. The predicted molar refractivity (Wildman–Crippen MR) is 96.0 cm³/mol. The van der Waals surface area contributed by atoms with Crippen LogP contribution in [0.4, 0.5) is 19.1 Å². The first-order chi connectivity index (χ1) is 13.0. The number of hydrogen-bond donors (Lipinski definition) is 1. The molecule has 0 saturated heterocycles. The number of ether oxygens (including phenoxy) is 1. The number of imidazole rings is 1. The van der Waals surface area contributed by atoms with Gasteiger partial charge in [0.2, 0.25) is 11.9 Å². The van der Waals surface area contributed by atoms with Crippen molar-refractivity contribution < 1.29 is 22.7 Å². The maximum atomic E-state index is 12.6. The molecular formula is C18H18F3N5O2. The zero-order valence-electron chi connectivity index (χ0n) is 15.4. The van der Waals surface area contributed by atoms with Gasteiger partial charge < -0.3 is 4.74 Å². The number of carbonyl (C=O) groups is 1. The highest BCUT2D eigenvalue weighted by atomic mass is 19.4. The summed E-state index contributed by atoms with van der Waals surface area (Å²) in [7, 11) is 0. The molecule has 2 aromatic heterocycles. The van der Waals surface area contributed by atoms with E-state index in [1.54, 1.807) is 6.07 Å². The van der Waals surface area contributed by atoms with Gasteiger partial charge in [0.25, 0.3) is 0 Å². The summed E-state index contributed by atoms with van der Waals surface area (Å²) >= 11 is 0. The molecule has 148 valence electrons. The number of nitrogens with zero attached hydrogens (tertiary/aromatic N) is 4. The highest BCUT2D eigenvalue weighted by Gasteiger charge is 2.31. The number of aromatic nitrogens is 4. The fourth-order valence-electron chi connectivity index (χ4n) is 2.63. The van der Waals surface area contributed by atoms with E-state index in [9.17, 15) is 18.0 Å². The van der Waals surface area contributed by atoms with E-state index in [0.29, 0.717) is 16.9 Å². The fraction of sp³-hybridized carbons (Fsp3) is 0.333. The second-order valence-electron chi connectivity index (χ2n) is 7.33. The van der Waals surface area contributed by atoms with Crippen molar-refractivity contribution in [1.29, 1.82) is 0 Å². The molecule has 0 saturated carbocycles. The SMILES string of the molecule is CC(C)(C)CC(=O)Nc1nc2cncnc2n1-c1cccc(OC(F)(F)F)c1. The molecule has 28 heavy (non-hydrogen) atoms. The van der Waals surface area contributed by atoms with E-state index in [4.69, 9.17) is 0 Å². The predicted octanol–water partition coefficient (Wildman–Crippen LogP) is 4.09. The van der Waals surface area contributed by atoms with Crippen LogP contribution >= 0.6 is 0 Å². The van der Waals surface area contributed by atoms with Crippen LogP contribution < -0.4 is 10.1 Å². The molecule has 1 amide bonds. The van der Waals surface area contributed by atoms with Gasteiger partial charge in [-0.3, -0.25) is 14.7 Å². The molecule has 1 N–H and O–H groups in total. The first-order valence-corrected chi connectivity index (χ1v) is 8.36. The Labute approximate surface area is 158 Å². The van der Waals surface area contributed by atoms with Crippen molar-refractivity contribution in [3.63, 3.8) is 0 Å². The maximum absolute atomic E-state index is 12.6. The Morgan fingerprint density at radius 2 is 2.00 bits per heavy atom. The maximum Gasteiger partial charge on any atom is 0.573 e. The van der Waals surface area contributed by atoms with Crippen LogP contribution in [0.3, 0.4) is 0 Å². The monoisotopic (exact) mass is 393 g/mol. The lowest BCUT2D eigenvalue weighted by atomic mass is 9.92. The number of amides is 1. The summed E-state index contributed by atoms with van der Waals surface area (Å²) in [6, 6.07) is 5.34. The molecule has 10 heteroatoms. The Kier molecular flexibility index (Phi) is 4.97. The van der Waals surface area contributed by atoms with Crippen molar-refractivity contribution in [3.05, 3.63) is 36.8 Å². The molecule has 0 bridgehead atoms. The Balaban J connectivity index is 2.05. The summed E-state index contributed by atoms with van der Waals surface area (Å²) in [6.07, 6.45) is -1.84. The number of fused-ring (bicyclic) bond motifs is 1. The molecular weight excluding hydrogens is 375 g/mol. The van der Waals surface area contributed by atoms with E-state index in [1.165, 1.54) is 35.3 Å². The van der Waals surface area contributed by atoms with E-state index in [-0.39, 0.29) is 23.7 Å². The molecule has 1 aromatic carbocycles. The normalized spacial score (nSPS) is 12.2. The quantitative estimate of drug-likeness (QED) is 0.722. The number of benzene rings is 1. The van der Waals surface area contributed by atoms with Crippen molar-refractivity contribution in [2.45, 2.75) is 33.6 Å². The van der Waals surface area contributed by atoms with E-state index in [0.717, 1.165) is 0 Å². The van der Waals surface area contributed by atoms with Gasteiger partial charge in [-0.05, 0) is 17.5 Å². The van der Waals surface area contributed by atoms with E-state index in [1.807, 2.05) is 20.8 Å². The number of nitrogens with one attached hydrogen (secondary N) is 1. The van der Waals surface area contributed by atoms with Gasteiger partial charge in [0.1, 0.15) is 17.6 Å². The number of halogens is 3. The average Bonchev–Trinajstić information content (AvgIpc) is 2.89. The minimum absolute atomic E-state index is 0.133. The van der Waals surface area contributed by atoms with Crippen LogP contribution in [-0.4, -0.2) is 31.8 Å². The van der Waals surface area contributed by atoms with E-state index >= 15 is 0 Å². The Morgan fingerprint density at radius 3 is 2.68 bits per heavy atom. The van der Waals surface area contributed by atoms with E-state index < -0.39 is 12.1 Å². The largest absolute Gasteiger partial charge is 0.573 e. The molecule has 3 aromatic rings. The first-order valence-electron chi connectivity index (χ1n) is 8.36. The van der Waals surface area contributed by atoms with Crippen LogP contribution in [0, 0.1) is 5.41 Å². The Bertz CT molecular complexity index is 1010. The summed E-state index contributed by atoms with van der Waals surface area (Å²) in [4.78, 5) is 24.7. The molecule has 0 spiro atoms. The Hall–Kier alpha value is -3.17. The van der Waals surface area contributed by atoms with Crippen LogP contribution in [0.1, 0.15) is 27.2 Å². The smallest absolute Gasteiger partial charge is 0.406 e. The van der Waals surface area contributed by atoms with Crippen molar-refractivity contribution >= 4 is 23.0 Å². The van der Waals surface area contributed by atoms with Crippen molar-refractivity contribution in [2.75, 3.05) is 5.32 Å². The average molecular weight is 393 g/mol. The zero-order chi connectivity index (χ0) is 20.5. The van der Waals surface area contributed by atoms with Gasteiger partial charge in [0.05, 0.1) is 11.9 Å². The standard InChI is InChI=1S/C18H18F3N5O2/c1-17(2,3)8-14(27)25-16-24-13-9-22-10-23-15(13)26(16)11-5-4-6-12(7-11)28-18(19,20)21/h4-7,9-10H,8H2,1-3H3,(H,24,25,27). The minimum atomic E-state index is -4.82. The van der Waals surface area contributed by atoms with Crippen molar-refractivity contribution in [3.8, 4) is 11.4 Å². The first kappa shape index (κ1) is 19.6. The lowest BCUT2D eigenvalue weighted by Crippen LogP contribution is -2.21. The van der Waals surface area contributed by atoms with Gasteiger partial charge in [-0.15, -0.1) is 13.2 Å². The third kappa shape index (κ3) is 4.76. The van der Waals surface area contributed by atoms with Gasteiger partial charge in [0, 0.05) is 12.5 Å². The van der Waals surface area contributed by atoms with Crippen molar-refractivity contribution in [1.82, 2.24) is 19.5 Å². The van der Waals surface area contributed by atoms with Crippen LogP contribution in [-0.2, 0) is 4.79 Å². The van der Waals surface area contributed by atoms with Crippen molar-refractivity contribution in [2.24, 2.45) is 5.41 Å². The van der Waals surface area contributed by atoms with Crippen LogP contribution in [0.2, 0.25) is 0 Å². The minimum Gasteiger partial charge on any atom is -0.406 e. The summed E-state index contributed by atoms with van der Waals surface area (Å²) in [5.41, 5.74) is 0.774. The number of hydrogen-bond acceptors (Lipinski definition) is 5.